The van der Waals surface area contributed by atoms with Crippen LogP contribution in [0, 0.1) is 6.92 Å². The molecule has 0 atom stereocenters. The quantitative estimate of drug-likeness (QED) is 0.591. The highest BCUT2D eigenvalue weighted by Crippen LogP contribution is 2.28. The molecule has 2 heterocycles. The van der Waals surface area contributed by atoms with E-state index in [2.05, 4.69) is 34.0 Å². The molecule has 1 fully saturated rings. The Kier molecular flexibility index (Phi) is 7.26. The van der Waals surface area contributed by atoms with Gasteiger partial charge in [-0.15, -0.1) is 0 Å². The smallest absolute Gasteiger partial charge is 0.253 e. The van der Waals surface area contributed by atoms with Gasteiger partial charge in [-0.1, -0.05) is 35.9 Å². The first-order chi connectivity index (χ1) is 15.9. The van der Waals surface area contributed by atoms with E-state index in [1.165, 1.54) is 5.56 Å². The molecule has 2 aromatic carbocycles. The molecule has 0 aliphatic carbocycles. The molecule has 7 heteroatoms. The number of likely N-dealkylation sites (N-methyl/N-ethyl adjacent to an activating group) is 1. The average Bonchev–Trinajstić information content (AvgIpc) is 2.81. The lowest BCUT2D eigenvalue weighted by Gasteiger charge is -2.32. The summed E-state index contributed by atoms with van der Waals surface area (Å²) >= 11 is 6.27. The number of aryl methyl sites for hydroxylation is 2. The standard InChI is InChI=1S/C26H30ClN5O/c1-18-22(7-4-8-23(18)27)24-17-21(29-26(28)30-24)6-3-5-19-9-11-20(12-10-19)25(33)32-15-13-31(2)14-16-32/h4,7-12,17H,3,5-6,13-16H2,1-2H3,(H2,28,29,30). The van der Waals surface area contributed by atoms with Gasteiger partial charge in [0, 0.05) is 48.0 Å². The fraction of sp³-hybridized carbons (Fsp3) is 0.346. The molecule has 0 spiro atoms. The van der Waals surface area contributed by atoms with Crippen molar-refractivity contribution in [2.45, 2.75) is 26.2 Å². The monoisotopic (exact) mass is 463 g/mol. The second kappa shape index (κ2) is 10.3. The molecule has 1 aromatic heterocycles. The fourth-order valence-corrected chi connectivity index (χ4v) is 4.32. The lowest BCUT2D eigenvalue weighted by molar-refractivity contribution is 0.0664. The summed E-state index contributed by atoms with van der Waals surface area (Å²) in [6.07, 6.45) is 2.62. The first-order valence-corrected chi connectivity index (χ1v) is 11.7. The number of nitrogens with zero attached hydrogens (tertiary/aromatic N) is 4. The number of piperazine rings is 1. The first kappa shape index (κ1) is 23.2. The van der Waals surface area contributed by atoms with E-state index in [-0.39, 0.29) is 11.9 Å². The minimum atomic E-state index is 0.120. The zero-order valence-corrected chi connectivity index (χ0v) is 20.0. The van der Waals surface area contributed by atoms with Crippen LogP contribution in [0.25, 0.3) is 11.3 Å². The summed E-state index contributed by atoms with van der Waals surface area (Å²) < 4.78 is 0. The number of benzene rings is 2. The summed E-state index contributed by atoms with van der Waals surface area (Å²) in [4.78, 5) is 25.7. The molecule has 0 bridgehead atoms. The number of halogens is 1. The number of hydrogen-bond donors (Lipinski definition) is 1. The zero-order chi connectivity index (χ0) is 23.4. The van der Waals surface area contributed by atoms with Gasteiger partial charge < -0.3 is 15.5 Å². The van der Waals surface area contributed by atoms with Crippen molar-refractivity contribution in [2.75, 3.05) is 39.0 Å². The normalized spacial score (nSPS) is 14.5. The molecule has 33 heavy (non-hydrogen) atoms. The summed E-state index contributed by atoms with van der Waals surface area (Å²) in [6, 6.07) is 15.8. The Labute approximate surface area is 200 Å². The maximum atomic E-state index is 12.7. The lowest BCUT2D eigenvalue weighted by atomic mass is 10.0. The maximum Gasteiger partial charge on any atom is 0.253 e. The summed E-state index contributed by atoms with van der Waals surface area (Å²) in [7, 11) is 2.09. The van der Waals surface area contributed by atoms with Crippen LogP contribution in [-0.2, 0) is 12.8 Å². The van der Waals surface area contributed by atoms with Crippen LogP contribution in [0.3, 0.4) is 0 Å². The number of nitrogens with two attached hydrogens (primary N) is 1. The van der Waals surface area contributed by atoms with Gasteiger partial charge in [-0.3, -0.25) is 4.79 Å². The number of carbonyl (C=O) groups excluding carboxylic acids is 1. The fourth-order valence-electron chi connectivity index (χ4n) is 4.15. The molecule has 4 rings (SSSR count). The lowest BCUT2D eigenvalue weighted by Crippen LogP contribution is -2.47. The van der Waals surface area contributed by atoms with E-state index in [4.69, 9.17) is 17.3 Å². The average molecular weight is 464 g/mol. The van der Waals surface area contributed by atoms with Gasteiger partial charge in [0.15, 0.2) is 0 Å². The SMILES string of the molecule is Cc1c(Cl)cccc1-c1cc(CCCc2ccc(C(=O)N3CCN(C)CC3)cc2)nc(N)n1. The van der Waals surface area contributed by atoms with Crippen LogP contribution < -0.4 is 5.73 Å². The van der Waals surface area contributed by atoms with Gasteiger partial charge in [0.25, 0.3) is 5.91 Å². The molecule has 1 aliphatic heterocycles. The third-order valence-corrected chi connectivity index (χ3v) is 6.64. The second-order valence-corrected chi connectivity index (χ2v) is 9.07. The predicted octanol–water partition coefficient (Wildman–Crippen LogP) is 4.25. The minimum absolute atomic E-state index is 0.120. The summed E-state index contributed by atoms with van der Waals surface area (Å²) in [5.41, 5.74) is 11.6. The number of aromatic nitrogens is 2. The summed E-state index contributed by atoms with van der Waals surface area (Å²) in [6.45, 7) is 5.41. The third-order valence-electron chi connectivity index (χ3n) is 6.23. The van der Waals surface area contributed by atoms with Crippen LogP contribution in [0.5, 0.6) is 0 Å². The van der Waals surface area contributed by atoms with Crippen molar-refractivity contribution in [1.82, 2.24) is 19.8 Å². The van der Waals surface area contributed by atoms with Crippen LogP contribution in [0.2, 0.25) is 5.02 Å². The van der Waals surface area contributed by atoms with Crippen molar-refractivity contribution in [3.63, 3.8) is 0 Å². The third kappa shape index (κ3) is 5.70. The van der Waals surface area contributed by atoms with Crippen molar-refractivity contribution in [2.24, 2.45) is 0 Å². The first-order valence-electron chi connectivity index (χ1n) is 11.4. The minimum Gasteiger partial charge on any atom is -0.368 e. The van der Waals surface area contributed by atoms with E-state index >= 15 is 0 Å². The van der Waals surface area contributed by atoms with Crippen LogP contribution in [0.4, 0.5) is 5.95 Å². The predicted molar refractivity (Wildman–Crippen MR) is 133 cm³/mol. The van der Waals surface area contributed by atoms with Crippen LogP contribution in [-0.4, -0.2) is 58.9 Å². The van der Waals surface area contributed by atoms with Gasteiger partial charge in [-0.05, 0) is 68.6 Å². The van der Waals surface area contributed by atoms with Gasteiger partial charge in [-0.25, -0.2) is 9.97 Å². The Hall–Kier alpha value is -2.96. The Morgan fingerprint density at radius 2 is 1.76 bits per heavy atom. The molecular formula is C26H30ClN5O. The van der Waals surface area contributed by atoms with Crippen molar-refractivity contribution in [3.05, 3.63) is 75.9 Å². The molecule has 0 saturated carbocycles. The largest absolute Gasteiger partial charge is 0.368 e. The van der Waals surface area contributed by atoms with E-state index in [0.29, 0.717) is 5.02 Å². The van der Waals surface area contributed by atoms with Crippen molar-refractivity contribution in [1.29, 1.82) is 0 Å². The Balaban J connectivity index is 1.36. The maximum absolute atomic E-state index is 12.7. The second-order valence-electron chi connectivity index (χ2n) is 8.66. The van der Waals surface area contributed by atoms with Gasteiger partial charge >= 0.3 is 0 Å². The summed E-state index contributed by atoms with van der Waals surface area (Å²) in [5, 5.41) is 0.709. The molecule has 172 valence electrons. The highest BCUT2D eigenvalue weighted by molar-refractivity contribution is 6.31. The molecule has 6 nitrogen and oxygen atoms in total. The van der Waals surface area contributed by atoms with Crippen LogP contribution >= 0.6 is 11.6 Å². The number of nitrogen functional groups attached to an aromatic ring is 1. The molecule has 0 unspecified atom stereocenters. The van der Waals surface area contributed by atoms with Crippen molar-refractivity contribution in [3.8, 4) is 11.3 Å². The number of anilines is 1. The molecule has 1 saturated heterocycles. The zero-order valence-electron chi connectivity index (χ0n) is 19.2. The molecule has 2 N–H and O–H groups in total. The van der Waals surface area contributed by atoms with E-state index in [1.807, 2.05) is 48.2 Å². The van der Waals surface area contributed by atoms with Gasteiger partial charge in [0.05, 0.1) is 5.69 Å². The topological polar surface area (TPSA) is 75.4 Å². The molecule has 1 aliphatic rings. The number of hydrogen-bond acceptors (Lipinski definition) is 5. The van der Waals surface area contributed by atoms with Gasteiger partial charge in [0.1, 0.15) is 0 Å². The molecule has 3 aromatic rings. The van der Waals surface area contributed by atoms with Gasteiger partial charge in [-0.2, -0.15) is 0 Å². The summed E-state index contributed by atoms with van der Waals surface area (Å²) in [5.74, 6) is 0.392. The molecular weight excluding hydrogens is 434 g/mol. The Morgan fingerprint density at radius 3 is 2.48 bits per heavy atom. The van der Waals surface area contributed by atoms with Crippen molar-refractivity contribution < 1.29 is 4.79 Å². The highest BCUT2D eigenvalue weighted by Gasteiger charge is 2.20. The van der Waals surface area contributed by atoms with E-state index < -0.39 is 0 Å². The van der Waals surface area contributed by atoms with Crippen molar-refractivity contribution >= 4 is 23.5 Å². The highest BCUT2D eigenvalue weighted by atomic mass is 35.5. The number of carbonyl (C=O) groups is 1. The molecule has 0 radical (unpaired) electrons. The Morgan fingerprint density at radius 1 is 1.03 bits per heavy atom. The molecule has 1 amide bonds. The van der Waals surface area contributed by atoms with E-state index in [1.54, 1.807) is 0 Å². The number of rotatable bonds is 6. The van der Waals surface area contributed by atoms with Crippen LogP contribution in [0.15, 0.2) is 48.5 Å². The Bertz CT molecular complexity index is 1120. The van der Waals surface area contributed by atoms with E-state index in [0.717, 1.165) is 73.5 Å². The number of amides is 1. The van der Waals surface area contributed by atoms with Gasteiger partial charge in [0.2, 0.25) is 5.95 Å². The van der Waals surface area contributed by atoms with E-state index in [9.17, 15) is 4.79 Å². The van der Waals surface area contributed by atoms with Crippen LogP contribution in [0.1, 0.15) is 33.6 Å².